The molecule has 8 heteroatoms. The normalized spacial score (nSPS) is 14.9. The van der Waals surface area contributed by atoms with E-state index < -0.39 is 19.5 Å². The van der Waals surface area contributed by atoms with Crippen molar-refractivity contribution in [3.05, 3.63) is 24.3 Å². The molecule has 45 heavy (non-hydrogen) atoms. The number of hydrogen-bond donors (Lipinski definition) is 1. The zero-order chi connectivity index (χ0) is 33.7. The van der Waals surface area contributed by atoms with Crippen molar-refractivity contribution >= 4 is 7.82 Å². The van der Waals surface area contributed by atoms with Crippen molar-refractivity contribution in [1.29, 1.82) is 0 Å². The third-order valence-corrected chi connectivity index (χ3v) is 8.46. The number of phosphoric acid groups is 1. The van der Waals surface area contributed by atoms with Crippen LogP contribution in [-0.2, 0) is 23.1 Å². The molecule has 0 aliphatic rings. The highest BCUT2D eigenvalue weighted by Crippen LogP contribution is 2.43. The summed E-state index contributed by atoms with van der Waals surface area (Å²) in [5.74, 6) is 0. The van der Waals surface area contributed by atoms with Gasteiger partial charge < -0.3 is 18.9 Å². The third-order valence-electron chi connectivity index (χ3n) is 7.47. The average Bonchev–Trinajstić information content (AvgIpc) is 2.94. The van der Waals surface area contributed by atoms with Crippen molar-refractivity contribution in [2.24, 2.45) is 0 Å². The number of phosphoric ester groups is 1. The van der Waals surface area contributed by atoms with Gasteiger partial charge in [-0.25, -0.2) is 4.57 Å². The van der Waals surface area contributed by atoms with Crippen molar-refractivity contribution in [2.75, 3.05) is 54.1 Å². The summed E-state index contributed by atoms with van der Waals surface area (Å²) in [4.78, 5) is 10.0. The lowest BCUT2D eigenvalue weighted by molar-refractivity contribution is -0.870. The summed E-state index contributed by atoms with van der Waals surface area (Å²) in [6, 6.07) is 0. The van der Waals surface area contributed by atoms with Crippen LogP contribution in [0.15, 0.2) is 24.3 Å². The van der Waals surface area contributed by atoms with E-state index in [9.17, 15) is 9.46 Å². The zero-order valence-electron chi connectivity index (χ0n) is 30.7. The van der Waals surface area contributed by atoms with Gasteiger partial charge in [0.1, 0.15) is 19.3 Å². The highest BCUT2D eigenvalue weighted by Gasteiger charge is 2.27. The predicted molar refractivity (Wildman–Crippen MR) is 192 cm³/mol. The molecule has 7 nitrogen and oxygen atoms in total. The molecule has 0 aromatic rings. The Hall–Kier alpha value is -0.530. The van der Waals surface area contributed by atoms with Crippen molar-refractivity contribution in [3.8, 4) is 0 Å². The lowest BCUT2D eigenvalue weighted by Crippen LogP contribution is -2.37. The van der Waals surface area contributed by atoms with Gasteiger partial charge in [0.25, 0.3) is 0 Å². The van der Waals surface area contributed by atoms with Gasteiger partial charge in [0.15, 0.2) is 0 Å². The number of quaternary nitrogens is 1. The Labute approximate surface area is 279 Å². The minimum absolute atomic E-state index is 0.0579. The second-order valence-corrected chi connectivity index (χ2v) is 16.0. The summed E-state index contributed by atoms with van der Waals surface area (Å²) < 4.78 is 35.1. The van der Waals surface area contributed by atoms with Crippen LogP contribution >= 0.6 is 7.82 Å². The Morgan fingerprint density at radius 3 is 1.53 bits per heavy atom. The molecule has 0 rings (SSSR count). The third kappa shape index (κ3) is 36.2. The van der Waals surface area contributed by atoms with E-state index in [2.05, 4.69) is 31.2 Å². The first kappa shape index (κ1) is 44.5. The number of hydrogen-bond acceptors (Lipinski definition) is 5. The summed E-state index contributed by atoms with van der Waals surface area (Å²) in [6.45, 7) is 9.76. The van der Waals surface area contributed by atoms with Crippen molar-refractivity contribution < 1.29 is 32.5 Å². The molecule has 0 saturated heterocycles. The number of likely N-dealkylation sites (N-methyl/N-ethyl adjacent to an activating group) is 1. The largest absolute Gasteiger partial charge is 0.472 e. The van der Waals surface area contributed by atoms with E-state index in [1.165, 1.54) is 96.3 Å². The molecule has 0 radical (unpaired) electrons. The number of nitrogens with zero attached hydrogens (tertiary/aromatic N) is 1. The molecule has 0 bridgehead atoms. The van der Waals surface area contributed by atoms with Gasteiger partial charge in [-0.3, -0.25) is 9.05 Å². The molecule has 1 N–H and O–H groups in total. The zero-order valence-corrected chi connectivity index (χ0v) is 31.6. The molecule has 0 fully saturated rings. The van der Waals surface area contributed by atoms with E-state index in [0.29, 0.717) is 24.2 Å². The van der Waals surface area contributed by atoms with E-state index in [1.54, 1.807) is 0 Å². The van der Waals surface area contributed by atoms with Gasteiger partial charge in [0, 0.05) is 6.61 Å². The van der Waals surface area contributed by atoms with Gasteiger partial charge in [-0.2, -0.15) is 0 Å². The van der Waals surface area contributed by atoms with Gasteiger partial charge in [-0.15, -0.1) is 0 Å². The maximum Gasteiger partial charge on any atom is 0.472 e. The fourth-order valence-corrected chi connectivity index (χ4v) is 5.61. The quantitative estimate of drug-likeness (QED) is 0.0335. The molecule has 0 amide bonds. The maximum absolute atomic E-state index is 12.3. The van der Waals surface area contributed by atoms with Gasteiger partial charge in [0.2, 0.25) is 0 Å². The maximum atomic E-state index is 12.3. The molecule has 268 valence electrons. The van der Waals surface area contributed by atoms with Crippen LogP contribution in [0.1, 0.15) is 150 Å². The fourth-order valence-electron chi connectivity index (χ4n) is 4.86. The number of allylic oxidation sites excluding steroid dienone is 4. The minimum atomic E-state index is -4.14. The van der Waals surface area contributed by atoms with Gasteiger partial charge in [-0.05, 0) is 78.6 Å². The molecule has 0 aliphatic heterocycles. The number of ether oxygens (including phenoxy) is 2. The Morgan fingerprint density at radius 1 is 0.644 bits per heavy atom. The molecule has 0 aliphatic carbocycles. The first-order valence-corrected chi connectivity index (χ1v) is 19.8. The van der Waals surface area contributed by atoms with Gasteiger partial charge in [0.05, 0.1) is 40.0 Å². The fraction of sp³-hybridized carbons (Fsp3) is 0.892. The van der Waals surface area contributed by atoms with Crippen LogP contribution in [0.25, 0.3) is 0 Å². The Bertz CT molecular complexity index is 759. The molecule has 0 aromatic carbocycles. The molecule has 0 spiro atoms. The predicted octanol–water partition coefficient (Wildman–Crippen LogP) is 10.6. The van der Waals surface area contributed by atoms with E-state index >= 15 is 0 Å². The molecule has 2 atom stereocenters. The molecule has 0 heterocycles. The summed E-state index contributed by atoms with van der Waals surface area (Å²) in [7, 11) is 1.85. The van der Waals surface area contributed by atoms with Crippen LogP contribution < -0.4 is 0 Å². The SMILES string of the molecule is CCCCCCC=CCCCCCCCCCCC=CCCCCCOC[C@H](COP(=O)(O)OCC[N+](C)(C)C)OC(C)(C)C. The van der Waals surface area contributed by atoms with Gasteiger partial charge >= 0.3 is 7.82 Å². The second kappa shape index (κ2) is 28.5. The van der Waals surface area contributed by atoms with Crippen molar-refractivity contribution in [3.63, 3.8) is 0 Å². The summed E-state index contributed by atoms with van der Waals surface area (Å²) in [6.07, 6.45) is 33.6. The standard InChI is InChI=1S/C37H74NO6P/c1-8-9-10-11-12-13-14-15-16-17-18-19-20-21-22-23-24-25-26-27-28-29-30-32-41-34-36(44-37(2,3)4)35-43-45(39,40)42-33-31-38(5,6)7/h13-14,25-26,36H,8-12,15-24,27-35H2,1-7H3/p+1/t36-/m1/s1. The van der Waals surface area contributed by atoms with Crippen LogP contribution in [0.2, 0.25) is 0 Å². The van der Waals surface area contributed by atoms with Crippen molar-refractivity contribution in [2.45, 2.75) is 161 Å². The first-order valence-electron chi connectivity index (χ1n) is 18.3. The second-order valence-electron chi connectivity index (χ2n) is 14.6. The highest BCUT2D eigenvalue weighted by molar-refractivity contribution is 7.47. The van der Waals surface area contributed by atoms with Crippen molar-refractivity contribution in [1.82, 2.24) is 0 Å². The molecule has 1 unspecified atom stereocenters. The topological polar surface area (TPSA) is 74.2 Å². The Kier molecular flexibility index (Phi) is 28.1. The molecule has 0 saturated carbocycles. The molecular weight excluding hydrogens is 585 g/mol. The summed E-state index contributed by atoms with van der Waals surface area (Å²) in [5.41, 5.74) is -0.419. The van der Waals surface area contributed by atoms with E-state index in [4.69, 9.17) is 18.5 Å². The monoisotopic (exact) mass is 661 g/mol. The van der Waals surface area contributed by atoms with E-state index in [-0.39, 0.29) is 13.2 Å². The van der Waals surface area contributed by atoms with E-state index in [1.807, 2.05) is 41.9 Å². The minimum Gasteiger partial charge on any atom is -0.379 e. The first-order chi connectivity index (χ1) is 21.3. The lowest BCUT2D eigenvalue weighted by Gasteiger charge is -2.28. The molecule has 0 aromatic heterocycles. The van der Waals surface area contributed by atoms with Crippen LogP contribution in [0, 0.1) is 0 Å². The Morgan fingerprint density at radius 2 is 1.09 bits per heavy atom. The smallest absolute Gasteiger partial charge is 0.379 e. The lowest BCUT2D eigenvalue weighted by atomic mass is 10.1. The average molecular weight is 661 g/mol. The number of unbranched alkanes of at least 4 members (excludes halogenated alkanes) is 16. The highest BCUT2D eigenvalue weighted by atomic mass is 31.2. The number of rotatable bonds is 32. The van der Waals surface area contributed by atoms with Gasteiger partial charge in [-0.1, -0.05) is 95.4 Å². The van der Waals surface area contributed by atoms with E-state index in [0.717, 1.165) is 25.7 Å². The van der Waals surface area contributed by atoms with Crippen LogP contribution in [0.3, 0.4) is 0 Å². The van der Waals surface area contributed by atoms with Crippen LogP contribution in [0.4, 0.5) is 0 Å². The molecular formula is C37H75NO6P+. The van der Waals surface area contributed by atoms with Crippen LogP contribution in [-0.4, -0.2) is 75.2 Å². The van der Waals surface area contributed by atoms with Crippen LogP contribution in [0.5, 0.6) is 0 Å². The summed E-state index contributed by atoms with van der Waals surface area (Å²) >= 11 is 0. The Balaban J connectivity index is 3.73. The summed E-state index contributed by atoms with van der Waals surface area (Å²) in [5, 5.41) is 0.